The molecule has 6 nitrogen and oxygen atoms in total. The summed E-state index contributed by atoms with van der Waals surface area (Å²) in [5.74, 6) is -2.40. The van der Waals surface area contributed by atoms with Crippen LogP contribution in [0.25, 0.3) is 0 Å². The summed E-state index contributed by atoms with van der Waals surface area (Å²) < 4.78 is 4.64. The smallest absolute Gasteiger partial charge is 0.326 e. The quantitative estimate of drug-likeness (QED) is 0.795. The molecule has 1 aliphatic heterocycles. The third-order valence-corrected chi connectivity index (χ3v) is 3.90. The molecule has 0 aromatic heterocycles. The number of aryl methyl sites for hydroxylation is 1. The molecule has 1 fully saturated rings. The number of hydrogen-bond acceptors (Lipinski definition) is 4. The number of rotatable bonds is 6. The second-order valence-corrected chi connectivity index (χ2v) is 5.35. The van der Waals surface area contributed by atoms with Crippen molar-refractivity contribution < 1.29 is 24.2 Å². The molecule has 1 aromatic carbocycles. The van der Waals surface area contributed by atoms with Crippen molar-refractivity contribution in [2.75, 3.05) is 13.7 Å². The number of carbonyl (C=O) groups is 3. The lowest BCUT2D eigenvalue weighted by Gasteiger charge is -2.24. The van der Waals surface area contributed by atoms with Gasteiger partial charge < -0.3 is 14.7 Å². The molecule has 1 N–H and O–H groups in total. The van der Waals surface area contributed by atoms with Crippen molar-refractivity contribution in [1.29, 1.82) is 0 Å². The summed E-state index contributed by atoms with van der Waals surface area (Å²) >= 11 is 0. The number of amides is 1. The van der Waals surface area contributed by atoms with Crippen molar-refractivity contribution in [2.45, 2.75) is 25.3 Å². The second kappa shape index (κ2) is 7.06. The van der Waals surface area contributed by atoms with E-state index in [1.165, 1.54) is 12.0 Å². The number of benzene rings is 1. The third kappa shape index (κ3) is 3.63. The van der Waals surface area contributed by atoms with Gasteiger partial charge in [-0.1, -0.05) is 30.3 Å². The van der Waals surface area contributed by atoms with Crippen LogP contribution < -0.4 is 0 Å². The lowest BCUT2D eigenvalue weighted by atomic mass is 10.0. The molecule has 1 heterocycles. The Morgan fingerprint density at radius 2 is 2.05 bits per heavy atom. The molecular formula is C16H19NO5. The van der Waals surface area contributed by atoms with Gasteiger partial charge in [-0.05, 0) is 18.4 Å². The van der Waals surface area contributed by atoms with Crippen molar-refractivity contribution in [3.05, 3.63) is 35.9 Å². The van der Waals surface area contributed by atoms with Gasteiger partial charge >= 0.3 is 11.9 Å². The topological polar surface area (TPSA) is 83.9 Å². The first-order chi connectivity index (χ1) is 10.5. The molecule has 1 aliphatic rings. The molecule has 2 rings (SSSR count). The Labute approximate surface area is 128 Å². The van der Waals surface area contributed by atoms with Gasteiger partial charge in [-0.3, -0.25) is 9.59 Å². The lowest BCUT2D eigenvalue weighted by molar-refractivity contribution is -0.149. The van der Waals surface area contributed by atoms with Crippen molar-refractivity contribution in [1.82, 2.24) is 4.90 Å². The Morgan fingerprint density at radius 3 is 2.64 bits per heavy atom. The first kappa shape index (κ1) is 16.0. The fraction of sp³-hybridized carbons (Fsp3) is 0.438. The van der Waals surface area contributed by atoms with Crippen molar-refractivity contribution in [3.8, 4) is 0 Å². The number of carbonyl (C=O) groups excluding carboxylic acids is 2. The summed E-state index contributed by atoms with van der Waals surface area (Å²) in [7, 11) is 1.26. The summed E-state index contributed by atoms with van der Waals surface area (Å²) in [5, 5.41) is 9.40. The van der Waals surface area contributed by atoms with Crippen LogP contribution in [0.4, 0.5) is 0 Å². The van der Waals surface area contributed by atoms with E-state index in [2.05, 4.69) is 4.74 Å². The molecule has 2 atom stereocenters. The van der Waals surface area contributed by atoms with Gasteiger partial charge in [0.15, 0.2) is 0 Å². The zero-order valence-electron chi connectivity index (χ0n) is 12.4. The van der Waals surface area contributed by atoms with Crippen LogP contribution in [-0.2, 0) is 25.5 Å². The number of nitrogens with zero attached hydrogens (tertiary/aromatic N) is 1. The maximum absolute atomic E-state index is 12.0. The third-order valence-electron chi connectivity index (χ3n) is 3.90. The Hall–Kier alpha value is -2.37. The monoisotopic (exact) mass is 305 g/mol. The molecule has 1 unspecified atom stereocenters. The second-order valence-electron chi connectivity index (χ2n) is 5.35. The van der Waals surface area contributed by atoms with E-state index in [1.54, 1.807) is 0 Å². The van der Waals surface area contributed by atoms with E-state index in [0.717, 1.165) is 5.56 Å². The molecule has 1 amide bonds. The summed E-state index contributed by atoms with van der Waals surface area (Å²) in [4.78, 5) is 36.3. The summed E-state index contributed by atoms with van der Waals surface area (Å²) in [6, 6.07) is 8.59. The average molecular weight is 305 g/mol. The minimum atomic E-state index is -1.05. The van der Waals surface area contributed by atoms with Gasteiger partial charge in [-0.25, -0.2) is 4.79 Å². The number of hydrogen-bond donors (Lipinski definition) is 1. The molecular weight excluding hydrogens is 286 g/mol. The molecule has 0 bridgehead atoms. The highest BCUT2D eigenvalue weighted by atomic mass is 16.5. The van der Waals surface area contributed by atoms with Crippen LogP contribution in [0.1, 0.15) is 18.4 Å². The highest BCUT2D eigenvalue weighted by Gasteiger charge is 2.40. The SMILES string of the molecule is COC(=O)C1CC(=O)N([C@@H](CCc2ccccc2)C(=O)O)C1. The molecule has 1 aromatic rings. The molecule has 0 spiro atoms. The number of likely N-dealkylation sites (tertiary alicyclic amines) is 1. The molecule has 118 valence electrons. The van der Waals surface area contributed by atoms with E-state index >= 15 is 0 Å². The van der Waals surface area contributed by atoms with Crippen LogP contribution >= 0.6 is 0 Å². The van der Waals surface area contributed by atoms with Crippen LogP contribution in [0.15, 0.2) is 30.3 Å². The lowest BCUT2D eigenvalue weighted by Crippen LogP contribution is -2.42. The Balaban J connectivity index is 2.03. The average Bonchev–Trinajstić information content (AvgIpc) is 2.89. The summed E-state index contributed by atoms with van der Waals surface area (Å²) in [5.41, 5.74) is 1.02. The summed E-state index contributed by atoms with van der Waals surface area (Å²) in [6.07, 6.45) is 0.894. The number of carboxylic acid groups (broad SMARTS) is 1. The zero-order chi connectivity index (χ0) is 16.1. The maximum atomic E-state index is 12.0. The van der Waals surface area contributed by atoms with Crippen molar-refractivity contribution in [3.63, 3.8) is 0 Å². The zero-order valence-corrected chi connectivity index (χ0v) is 12.4. The molecule has 0 aliphatic carbocycles. The predicted octanol–water partition coefficient (Wildman–Crippen LogP) is 1.09. The molecule has 0 radical (unpaired) electrons. The van der Waals surface area contributed by atoms with E-state index in [9.17, 15) is 19.5 Å². The number of ether oxygens (including phenoxy) is 1. The molecule has 1 saturated heterocycles. The van der Waals surface area contributed by atoms with Gasteiger partial charge in [-0.15, -0.1) is 0 Å². The summed E-state index contributed by atoms with van der Waals surface area (Å²) in [6.45, 7) is 0.108. The fourth-order valence-corrected chi connectivity index (χ4v) is 2.72. The number of esters is 1. The minimum absolute atomic E-state index is 0.0157. The van der Waals surface area contributed by atoms with Gasteiger partial charge in [0.1, 0.15) is 6.04 Å². The highest BCUT2D eigenvalue weighted by molar-refractivity contribution is 5.90. The first-order valence-corrected chi connectivity index (χ1v) is 7.17. The van der Waals surface area contributed by atoms with Crippen LogP contribution in [0, 0.1) is 5.92 Å². The van der Waals surface area contributed by atoms with E-state index in [1.807, 2.05) is 30.3 Å². The van der Waals surface area contributed by atoms with Gasteiger partial charge in [0.05, 0.1) is 13.0 Å². The standard InChI is InChI=1S/C16H19NO5/c1-22-16(21)12-9-14(18)17(10-12)13(15(19)20)8-7-11-5-3-2-4-6-11/h2-6,12-13H,7-10H2,1H3,(H,19,20)/t12?,13-/m0/s1. The fourth-order valence-electron chi connectivity index (χ4n) is 2.72. The Kier molecular flexibility index (Phi) is 5.14. The molecule has 0 saturated carbocycles. The van der Waals surface area contributed by atoms with Crippen molar-refractivity contribution >= 4 is 17.8 Å². The van der Waals surface area contributed by atoms with Crippen LogP contribution in [-0.4, -0.2) is 47.5 Å². The van der Waals surface area contributed by atoms with Gasteiger partial charge in [0, 0.05) is 13.0 Å². The van der Waals surface area contributed by atoms with Gasteiger partial charge in [0.2, 0.25) is 5.91 Å². The van der Waals surface area contributed by atoms with E-state index in [-0.39, 0.29) is 18.9 Å². The van der Waals surface area contributed by atoms with Gasteiger partial charge in [0.25, 0.3) is 0 Å². The molecule has 22 heavy (non-hydrogen) atoms. The Bertz CT molecular complexity index is 557. The number of carboxylic acids is 1. The maximum Gasteiger partial charge on any atom is 0.326 e. The van der Waals surface area contributed by atoms with Gasteiger partial charge in [-0.2, -0.15) is 0 Å². The van der Waals surface area contributed by atoms with Crippen LogP contribution in [0.2, 0.25) is 0 Å². The van der Waals surface area contributed by atoms with E-state index in [0.29, 0.717) is 12.8 Å². The number of aliphatic carboxylic acids is 1. The highest BCUT2D eigenvalue weighted by Crippen LogP contribution is 2.23. The number of methoxy groups -OCH3 is 1. The van der Waals surface area contributed by atoms with Crippen molar-refractivity contribution in [2.24, 2.45) is 5.92 Å². The Morgan fingerprint density at radius 1 is 1.36 bits per heavy atom. The van der Waals surface area contributed by atoms with E-state index in [4.69, 9.17) is 0 Å². The minimum Gasteiger partial charge on any atom is -0.480 e. The normalized spacial score (nSPS) is 19.0. The van der Waals surface area contributed by atoms with Crippen LogP contribution in [0.3, 0.4) is 0 Å². The first-order valence-electron chi connectivity index (χ1n) is 7.17. The van der Waals surface area contributed by atoms with Crippen LogP contribution in [0.5, 0.6) is 0 Å². The largest absolute Gasteiger partial charge is 0.480 e. The van der Waals surface area contributed by atoms with E-state index < -0.39 is 23.9 Å². The molecule has 6 heteroatoms. The predicted molar refractivity (Wildman–Crippen MR) is 78.0 cm³/mol.